The molecule has 1 N–H and O–H groups in total. The van der Waals surface area contributed by atoms with Gasteiger partial charge in [0.1, 0.15) is 6.54 Å². The number of halogens is 2. The maximum absolute atomic E-state index is 13.1. The van der Waals surface area contributed by atoms with Gasteiger partial charge in [0.05, 0.1) is 27.8 Å². The van der Waals surface area contributed by atoms with Gasteiger partial charge in [-0.1, -0.05) is 29.3 Å². The highest BCUT2D eigenvalue weighted by Gasteiger charge is 2.17. The topological polar surface area (TPSA) is 98.9 Å². The summed E-state index contributed by atoms with van der Waals surface area (Å²) in [5.74, 6) is -0.478. The molecule has 0 atom stereocenters. The van der Waals surface area contributed by atoms with Crippen molar-refractivity contribution in [2.24, 2.45) is 0 Å². The molecule has 3 aromatic heterocycles. The Morgan fingerprint density at radius 3 is 2.48 bits per heavy atom. The molecule has 0 aliphatic heterocycles. The third kappa shape index (κ3) is 4.35. The van der Waals surface area contributed by atoms with Crippen LogP contribution in [0, 0.1) is 0 Å². The van der Waals surface area contributed by atoms with Crippen molar-refractivity contribution >= 4 is 45.8 Å². The first kappa shape index (κ1) is 20.8. The van der Waals surface area contributed by atoms with Crippen molar-refractivity contribution in [2.45, 2.75) is 13.1 Å². The van der Waals surface area contributed by atoms with Crippen molar-refractivity contribution in [3.63, 3.8) is 0 Å². The van der Waals surface area contributed by atoms with Gasteiger partial charge in [0.2, 0.25) is 5.91 Å². The number of nitrogens with zero attached hydrogens (tertiary/aromatic N) is 4. The first-order chi connectivity index (χ1) is 14.9. The second-order valence-electron chi connectivity index (χ2n) is 6.63. The highest BCUT2D eigenvalue weighted by Crippen LogP contribution is 2.25. The number of hydrogen-bond acceptors (Lipinski definition) is 5. The molecule has 0 aliphatic carbocycles. The van der Waals surface area contributed by atoms with E-state index in [1.54, 1.807) is 48.7 Å². The molecular formula is C21H15Cl2N5O3. The molecular weight excluding hydrogens is 441 g/mol. The Bertz CT molecular complexity index is 1400. The van der Waals surface area contributed by atoms with Crippen LogP contribution >= 0.6 is 23.2 Å². The maximum atomic E-state index is 13.1. The van der Waals surface area contributed by atoms with Crippen LogP contribution in [-0.2, 0) is 17.9 Å². The van der Waals surface area contributed by atoms with Crippen molar-refractivity contribution < 1.29 is 4.79 Å². The standard InChI is InChI=1S/C21H15Cl2N5O3/c22-15-7-6-13(10-16(15)23)26-18(29)12-27-17-5-3-9-25-19(17)20(30)28(21(27)31)11-14-4-1-2-8-24-14/h1-10H,11-12H2,(H,26,29). The highest BCUT2D eigenvalue weighted by molar-refractivity contribution is 6.42. The number of fused-ring (bicyclic) bond motifs is 1. The molecule has 1 aromatic carbocycles. The van der Waals surface area contributed by atoms with Crippen molar-refractivity contribution in [1.82, 2.24) is 19.1 Å². The number of anilines is 1. The molecule has 156 valence electrons. The van der Waals surface area contributed by atoms with E-state index in [-0.39, 0.29) is 29.1 Å². The molecule has 0 bridgehead atoms. The van der Waals surface area contributed by atoms with Gasteiger partial charge in [-0.15, -0.1) is 0 Å². The summed E-state index contributed by atoms with van der Waals surface area (Å²) < 4.78 is 2.23. The summed E-state index contributed by atoms with van der Waals surface area (Å²) in [6.45, 7) is -0.372. The lowest BCUT2D eigenvalue weighted by Crippen LogP contribution is -2.42. The first-order valence-corrected chi connectivity index (χ1v) is 9.93. The number of rotatable bonds is 5. The minimum atomic E-state index is -0.638. The number of carbonyl (C=O) groups is 1. The number of nitrogens with one attached hydrogen (secondary N) is 1. The second-order valence-corrected chi connectivity index (χ2v) is 7.44. The van der Waals surface area contributed by atoms with E-state index in [1.807, 2.05) is 0 Å². The van der Waals surface area contributed by atoms with Crippen molar-refractivity contribution in [3.8, 4) is 0 Å². The van der Waals surface area contributed by atoms with Crippen LogP contribution in [0.15, 0.2) is 70.5 Å². The quantitative estimate of drug-likeness (QED) is 0.498. The molecule has 0 radical (unpaired) electrons. The number of hydrogen-bond donors (Lipinski definition) is 1. The molecule has 0 saturated heterocycles. The second kappa shape index (κ2) is 8.71. The van der Waals surface area contributed by atoms with Gasteiger partial charge in [-0.2, -0.15) is 0 Å². The van der Waals surface area contributed by atoms with E-state index >= 15 is 0 Å². The third-order valence-electron chi connectivity index (χ3n) is 4.54. The minimum absolute atomic E-state index is 0.0422. The summed E-state index contributed by atoms with van der Waals surface area (Å²) in [7, 11) is 0. The zero-order chi connectivity index (χ0) is 22.0. The Kier molecular flexibility index (Phi) is 5.83. The molecule has 3 heterocycles. The lowest BCUT2D eigenvalue weighted by atomic mass is 10.3. The van der Waals surface area contributed by atoms with Crippen LogP contribution in [0.3, 0.4) is 0 Å². The summed E-state index contributed by atoms with van der Waals surface area (Å²) in [5.41, 5.74) is 0.118. The van der Waals surface area contributed by atoms with Gasteiger partial charge in [-0.25, -0.2) is 9.78 Å². The lowest BCUT2D eigenvalue weighted by molar-refractivity contribution is -0.116. The van der Waals surface area contributed by atoms with Crippen LogP contribution in [0.2, 0.25) is 10.0 Å². The Balaban J connectivity index is 1.74. The summed E-state index contributed by atoms with van der Waals surface area (Å²) in [4.78, 5) is 47.0. The number of amides is 1. The van der Waals surface area contributed by atoms with Crippen LogP contribution < -0.4 is 16.6 Å². The van der Waals surface area contributed by atoms with E-state index in [2.05, 4.69) is 15.3 Å². The number of pyridine rings is 2. The smallest absolute Gasteiger partial charge is 0.324 e. The van der Waals surface area contributed by atoms with Gasteiger partial charge in [-0.05, 0) is 42.5 Å². The van der Waals surface area contributed by atoms with Crippen LogP contribution in [0.5, 0.6) is 0 Å². The maximum Gasteiger partial charge on any atom is 0.332 e. The SMILES string of the molecule is O=C(Cn1c(=O)n(Cc2ccccn2)c(=O)c2ncccc21)Nc1ccc(Cl)c(Cl)c1. The van der Waals surface area contributed by atoms with Gasteiger partial charge >= 0.3 is 5.69 Å². The molecule has 1 amide bonds. The summed E-state index contributed by atoms with van der Waals surface area (Å²) in [6.07, 6.45) is 3.03. The molecule has 0 spiro atoms. The van der Waals surface area contributed by atoms with Gasteiger partial charge in [0.25, 0.3) is 5.56 Å². The molecule has 0 unspecified atom stereocenters. The Labute approximate surface area is 185 Å². The number of aromatic nitrogens is 4. The average molecular weight is 456 g/mol. The first-order valence-electron chi connectivity index (χ1n) is 9.17. The van der Waals surface area contributed by atoms with Crippen molar-refractivity contribution in [1.29, 1.82) is 0 Å². The number of carbonyl (C=O) groups excluding carboxylic acids is 1. The summed E-state index contributed by atoms with van der Waals surface area (Å²) in [5, 5.41) is 3.32. The third-order valence-corrected chi connectivity index (χ3v) is 5.28. The average Bonchev–Trinajstić information content (AvgIpc) is 2.77. The Morgan fingerprint density at radius 1 is 0.935 bits per heavy atom. The fraction of sp³-hybridized carbons (Fsp3) is 0.0952. The van der Waals surface area contributed by atoms with E-state index in [4.69, 9.17) is 23.2 Å². The molecule has 0 fully saturated rings. The van der Waals surface area contributed by atoms with E-state index in [0.29, 0.717) is 16.4 Å². The van der Waals surface area contributed by atoms with E-state index in [1.165, 1.54) is 16.8 Å². The molecule has 8 nitrogen and oxygen atoms in total. The molecule has 31 heavy (non-hydrogen) atoms. The van der Waals surface area contributed by atoms with Gasteiger partial charge in [0.15, 0.2) is 5.52 Å². The largest absolute Gasteiger partial charge is 0.332 e. The van der Waals surface area contributed by atoms with Crippen LogP contribution in [0.4, 0.5) is 5.69 Å². The molecule has 0 saturated carbocycles. The normalized spacial score (nSPS) is 10.9. The molecule has 4 rings (SSSR count). The van der Waals surface area contributed by atoms with Crippen LogP contribution in [0.1, 0.15) is 5.69 Å². The highest BCUT2D eigenvalue weighted by atomic mass is 35.5. The predicted molar refractivity (Wildman–Crippen MR) is 119 cm³/mol. The van der Waals surface area contributed by atoms with E-state index < -0.39 is 17.2 Å². The van der Waals surface area contributed by atoms with Gasteiger partial charge in [0, 0.05) is 18.1 Å². The zero-order valence-electron chi connectivity index (χ0n) is 16.0. The predicted octanol–water partition coefficient (Wildman–Crippen LogP) is 2.95. The van der Waals surface area contributed by atoms with Crippen LogP contribution in [-0.4, -0.2) is 25.0 Å². The number of benzene rings is 1. The van der Waals surface area contributed by atoms with Gasteiger partial charge in [-0.3, -0.25) is 23.7 Å². The summed E-state index contributed by atoms with van der Waals surface area (Å²) >= 11 is 11.9. The van der Waals surface area contributed by atoms with Crippen LogP contribution in [0.25, 0.3) is 11.0 Å². The lowest BCUT2D eigenvalue weighted by Gasteiger charge is -2.13. The van der Waals surface area contributed by atoms with Crippen molar-refractivity contribution in [2.75, 3.05) is 5.32 Å². The Morgan fingerprint density at radius 2 is 1.74 bits per heavy atom. The minimum Gasteiger partial charge on any atom is -0.324 e. The fourth-order valence-electron chi connectivity index (χ4n) is 3.11. The zero-order valence-corrected chi connectivity index (χ0v) is 17.5. The monoisotopic (exact) mass is 455 g/mol. The Hall–Kier alpha value is -3.49. The fourth-order valence-corrected chi connectivity index (χ4v) is 3.40. The molecule has 0 aliphatic rings. The summed E-state index contributed by atoms with van der Waals surface area (Å²) in [6, 6.07) is 13.0. The van der Waals surface area contributed by atoms with E-state index in [0.717, 1.165) is 4.57 Å². The van der Waals surface area contributed by atoms with Crippen molar-refractivity contribution in [3.05, 3.63) is 97.5 Å². The van der Waals surface area contributed by atoms with Gasteiger partial charge < -0.3 is 5.32 Å². The van der Waals surface area contributed by atoms with E-state index in [9.17, 15) is 14.4 Å². The molecule has 4 aromatic rings. The molecule has 10 heteroatoms.